The van der Waals surface area contributed by atoms with Crippen molar-refractivity contribution in [2.75, 3.05) is 6.54 Å². The van der Waals surface area contributed by atoms with Crippen molar-refractivity contribution in [3.05, 3.63) is 29.6 Å². The molecule has 0 saturated heterocycles. The van der Waals surface area contributed by atoms with Crippen LogP contribution < -0.4 is 5.32 Å². The largest absolute Gasteiger partial charge is 0.342 e. The molecule has 0 unspecified atom stereocenters. The molecule has 0 bridgehead atoms. The summed E-state index contributed by atoms with van der Waals surface area (Å²) < 4.78 is 0. The predicted octanol–water partition coefficient (Wildman–Crippen LogP) is 2.37. The number of aromatic nitrogens is 1. The molecule has 144 valence electrons. The van der Waals surface area contributed by atoms with Crippen molar-refractivity contribution >= 4 is 18.1 Å². The summed E-state index contributed by atoms with van der Waals surface area (Å²) in [5, 5.41) is 12.8. The Morgan fingerprint density at radius 1 is 1.38 bits per heavy atom. The molecule has 1 heterocycles. The molecule has 0 fully saturated rings. The van der Waals surface area contributed by atoms with Gasteiger partial charge in [0.25, 0.3) is 5.91 Å². The fourth-order valence-corrected chi connectivity index (χ4v) is 2.81. The van der Waals surface area contributed by atoms with E-state index in [2.05, 4.69) is 10.3 Å². The average Bonchev–Trinajstić information content (AvgIpc) is 2.62. The average molecular weight is 363 g/mol. The standard InChI is InChI=1S/C19H29N3O4/c1-5-6-8-15(11-22(26)12-23)18(24)17(13(2)3)21-19(25)16-9-7-10-20-14(16)4/h7,9-10,12-13,15,17,26H,5-6,8,11H2,1-4H3,(H,21,25)/t15-,17+/m1/s1. The molecule has 0 aromatic carbocycles. The number of amides is 2. The molecule has 0 spiro atoms. The van der Waals surface area contributed by atoms with Crippen LogP contribution in [0.1, 0.15) is 56.1 Å². The van der Waals surface area contributed by atoms with Crippen molar-refractivity contribution in [1.82, 2.24) is 15.4 Å². The van der Waals surface area contributed by atoms with E-state index in [1.54, 1.807) is 25.3 Å². The van der Waals surface area contributed by atoms with E-state index < -0.39 is 12.0 Å². The van der Waals surface area contributed by atoms with E-state index in [0.29, 0.717) is 22.7 Å². The van der Waals surface area contributed by atoms with Crippen molar-refractivity contribution in [3.63, 3.8) is 0 Å². The maximum Gasteiger partial charge on any atom is 0.253 e. The van der Waals surface area contributed by atoms with Crippen molar-refractivity contribution in [3.8, 4) is 0 Å². The van der Waals surface area contributed by atoms with E-state index in [1.165, 1.54) is 0 Å². The number of Topliss-reactive ketones (excluding diaryl/α,β-unsaturated/α-hetero) is 1. The molecule has 0 saturated carbocycles. The third-order valence-corrected chi connectivity index (χ3v) is 4.35. The number of carbonyl (C=O) groups excluding carboxylic acids is 3. The highest BCUT2D eigenvalue weighted by molar-refractivity contribution is 5.99. The Bertz CT molecular complexity index is 619. The zero-order valence-corrected chi connectivity index (χ0v) is 15.9. The summed E-state index contributed by atoms with van der Waals surface area (Å²) in [5.41, 5.74) is 1.01. The van der Waals surface area contributed by atoms with Crippen LogP contribution in [0.5, 0.6) is 0 Å². The Morgan fingerprint density at radius 2 is 2.08 bits per heavy atom. The third-order valence-electron chi connectivity index (χ3n) is 4.35. The van der Waals surface area contributed by atoms with Gasteiger partial charge in [-0.1, -0.05) is 33.6 Å². The van der Waals surface area contributed by atoms with Crippen LogP contribution in [0.2, 0.25) is 0 Å². The molecule has 26 heavy (non-hydrogen) atoms. The van der Waals surface area contributed by atoms with Gasteiger partial charge in [0.1, 0.15) is 0 Å². The molecule has 0 radical (unpaired) electrons. The molecule has 0 aliphatic rings. The minimum atomic E-state index is -0.705. The summed E-state index contributed by atoms with van der Waals surface area (Å²) in [6, 6.07) is 2.63. The van der Waals surface area contributed by atoms with Crippen LogP contribution in [0.3, 0.4) is 0 Å². The molecule has 1 aromatic heterocycles. The van der Waals surface area contributed by atoms with Crippen LogP contribution in [0.4, 0.5) is 0 Å². The molecular formula is C19H29N3O4. The number of pyridine rings is 1. The molecule has 7 heteroatoms. The number of nitrogens with one attached hydrogen (secondary N) is 1. The minimum absolute atomic E-state index is 0.0760. The summed E-state index contributed by atoms with van der Waals surface area (Å²) in [5.74, 6) is -1.19. The normalized spacial score (nSPS) is 13.2. The molecule has 7 nitrogen and oxygen atoms in total. The Balaban J connectivity index is 2.97. The lowest BCUT2D eigenvalue weighted by Gasteiger charge is -2.27. The van der Waals surface area contributed by atoms with Crippen LogP contribution in [0, 0.1) is 18.8 Å². The van der Waals surface area contributed by atoms with Gasteiger partial charge in [0.05, 0.1) is 18.2 Å². The van der Waals surface area contributed by atoms with E-state index in [9.17, 15) is 19.6 Å². The second-order valence-corrected chi connectivity index (χ2v) is 6.80. The van der Waals surface area contributed by atoms with Crippen LogP contribution >= 0.6 is 0 Å². The van der Waals surface area contributed by atoms with Gasteiger partial charge >= 0.3 is 0 Å². The molecule has 2 N–H and O–H groups in total. The number of hydrogen-bond donors (Lipinski definition) is 2. The van der Waals surface area contributed by atoms with Crippen LogP contribution in [0.25, 0.3) is 0 Å². The zero-order chi connectivity index (χ0) is 19.7. The number of rotatable bonds is 11. The minimum Gasteiger partial charge on any atom is -0.342 e. The van der Waals surface area contributed by atoms with Gasteiger partial charge in [-0.25, -0.2) is 5.06 Å². The van der Waals surface area contributed by atoms with Crippen LogP contribution in [-0.2, 0) is 9.59 Å². The molecule has 0 aliphatic heterocycles. The second kappa shape index (κ2) is 10.7. The maximum absolute atomic E-state index is 13.0. The maximum atomic E-state index is 13.0. The summed E-state index contributed by atoms with van der Waals surface area (Å²) in [6.45, 7) is 7.37. The van der Waals surface area contributed by atoms with E-state index in [1.807, 2.05) is 20.8 Å². The first-order valence-electron chi connectivity index (χ1n) is 8.98. The molecule has 2 atom stereocenters. The topological polar surface area (TPSA) is 99.6 Å². The Hall–Kier alpha value is -2.28. The molecular weight excluding hydrogens is 334 g/mol. The SMILES string of the molecule is CCCC[C@H](CN(O)C=O)C(=O)[C@@H](NC(=O)c1cccnc1C)C(C)C. The number of unbranched alkanes of at least 4 members (excludes halogenated alkanes) is 1. The van der Waals surface area contributed by atoms with Crippen molar-refractivity contribution < 1.29 is 19.6 Å². The Labute approximate surface area is 154 Å². The van der Waals surface area contributed by atoms with Gasteiger partial charge in [0.15, 0.2) is 5.78 Å². The summed E-state index contributed by atoms with van der Waals surface area (Å²) in [4.78, 5) is 40.4. The highest BCUT2D eigenvalue weighted by atomic mass is 16.5. The first-order valence-corrected chi connectivity index (χ1v) is 8.98. The number of aryl methyl sites for hydroxylation is 1. The molecule has 1 rings (SSSR count). The fraction of sp³-hybridized carbons (Fsp3) is 0.579. The Morgan fingerprint density at radius 3 is 2.62 bits per heavy atom. The number of nitrogens with zero attached hydrogens (tertiary/aromatic N) is 2. The van der Waals surface area contributed by atoms with Gasteiger partial charge < -0.3 is 5.32 Å². The summed E-state index contributed by atoms with van der Waals surface area (Å²) >= 11 is 0. The van der Waals surface area contributed by atoms with Crippen molar-refractivity contribution in [1.29, 1.82) is 0 Å². The first-order chi connectivity index (χ1) is 12.3. The van der Waals surface area contributed by atoms with Gasteiger partial charge in [-0.3, -0.25) is 24.6 Å². The lowest BCUT2D eigenvalue weighted by molar-refractivity contribution is -0.154. The molecule has 0 aliphatic carbocycles. The Kier molecular flexibility index (Phi) is 8.92. The van der Waals surface area contributed by atoms with E-state index in [4.69, 9.17) is 0 Å². The predicted molar refractivity (Wildman–Crippen MR) is 97.6 cm³/mol. The van der Waals surface area contributed by atoms with Gasteiger partial charge in [-0.15, -0.1) is 0 Å². The monoisotopic (exact) mass is 363 g/mol. The molecule has 1 aromatic rings. The van der Waals surface area contributed by atoms with E-state index in [0.717, 1.165) is 12.8 Å². The van der Waals surface area contributed by atoms with Crippen molar-refractivity contribution in [2.45, 2.75) is 53.0 Å². The van der Waals surface area contributed by atoms with Gasteiger partial charge in [-0.05, 0) is 31.4 Å². The van der Waals surface area contributed by atoms with Crippen LogP contribution in [-0.4, -0.2) is 45.9 Å². The fourth-order valence-electron chi connectivity index (χ4n) is 2.81. The second-order valence-electron chi connectivity index (χ2n) is 6.80. The smallest absolute Gasteiger partial charge is 0.253 e. The number of ketones is 1. The third kappa shape index (κ3) is 6.22. The zero-order valence-electron chi connectivity index (χ0n) is 15.9. The van der Waals surface area contributed by atoms with Gasteiger partial charge in [0.2, 0.25) is 6.41 Å². The van der Waals surface area contributed by atoms with E-state index in [-0.39, 0.29) is 30.6 Å². The lowest BCUT2D eigenvalue weighted by Crippen LogP contribution is -2.48. The highest BCUT2D eigenvalue weighted by Gasteiger charge is 2.31. The first kappa shape index (κ1) is 21.8. The molecule has 2 amide bonds. The number of hydrogen-bond acceptors (Lipinski definition) is 5. The number of hydroxylamine groups is 2. The quantitative estimate of drug-likeness (QED) is 0.357. The van der Waals surface area contributed by atoms with E-state index >= 15 is 0 Å². The van der Waals surface area contributed by atoms with Gasteiger partial charge in [0, 0.05) is 17.8 Å². The van der Waals surface area contributed by atoms with Gasteiger partial charge in [-0.2, -0.15) is 0 Å². The van der Waals surface area contributed by atoms with Crippen LogP contribution in [0.15, 0.2) is 18.3 Å². The lowest BCUT2D eigenvalue weighted by atomic mass is 9.87. The summed E-state index contributed by atoms with van der Waals surface area (Å²) in [7, 11) is 0. The number of carbonyl (C=O) groups is 3. The highest BCUT2D eigenvalue weighted by Crippen LogP contribution is 2.17. The summed E-state index contributed by atoms with van der Waals surface area (Å²) in [6.07, 6.45) is 4.13. The van der Waals surface area contributed by atoms with Crippen molar-refractivity contribution in [2.24, 2.45) is 11.8 Å².